The first-order valence-corrected chi connectivity index (χ1v) is 11.1. The first-order valence-electron chi connectivity index (χ1n) is 9.61. The van der Waals surface area contributed by atoms with Crippen LogP contribution in [-0.4, -0.2) is 42.2 Å². The Kier molecular flexibility index (Phi) is 7.00. The summed E-state index contributed by atoms with van der Waals surface area (Å²) < 4.78 is 41.1. The highest BCUT2D eigenvalue weighted by Crippen LogP contribution is 2.31. The molecule has 0 saturated carbocycles. The van der Waals surface area contributed by atoms with Crippen molar-refractivity contribution < 1.29 is 22.8 Å². The second-order valence-electron chi connectivity index (χ2n) is 7.32. The summed E-state index contributed by atoms with van der Waals surface area (Å²) in [5.41, 5.74) is 3.35. The molecule has 2 N–H and O–H groups in total. The van der Waals surface area contributed by atoms with E-state index < -0.39 is 21.2 Å². The third-order valence-corrected chi connectivity index (χ3v) is 7.68. The van der Waals surface area contributed by atoms with Crippen molar-refractivity contribution in [2.75, 3.05) is 13.1 Å². The number of piperidine rings is 1. The molecule has 2 aromatic rings. The summed E-state index contributed by atoms with van der Waals surface area (Å²) in [5, 5.41) is 7.91. The van der Waals surface area contributed by atoms with E-state index in [1.165, 1.54) is 21.9 Å². The number of carbonyl (C=O) groups is 1. The lowest BCUT2D eigenvalue weighted by Crippen LogP contribution is -2.45. The molecule has 29 heavy (non-hydrogen) atoms. The normalized spacial score (nSPS) is 17.0. The highest BCUT2D eigenvalue weighted by atomic mass is 32.2. The Balaban J connectivity index is 1.72. The average Bonchev–Trinajstić information content (AvgIpc) is 2.74. The minimum atomic E-state index is -3.74. The zero-order chi connectivity index (χ0) is 20.9. The summed E-state index contributed by atoms with van der Waals surface area (Å²) >= 11 is 0. The average molecular weight is 421 g/mol. The van der Waals surface area contributed by atoms with E-state index >= 15 is 0 Å². The molecule has 1 aliphatic rings. The van der Waals surface area contributed by atoms with Crippen LogP contribution in [0.25, 0.3) is 0 Å². The largest absolute Gasteiger partial charge is 0.289 e. The maximum atomic E-state index is 13.2. The van der Waals surface area contributed by atoms with Crippen LogP contribution in [0.5, 0.6) is 0 Å². The van der Waals surface area contributed by atoms with Crippen molar-refractivity contribution in [2.45, 2.75) is 36.9 Å². The van der Waals surface area contributed by atoms with Crippen LogP contribution in [0, 0.1) is 5.82 Å². The first kappa shape index (κ1) is 21.4. The molecule has 3 rings (SSSR count). The molecule has 1 unspecified atom stereocenters. The highest BCUT2D eigenvalue weighted by Gasteiger charge is 2.36. The second kappa shape index (κ2) is 9.47. The number of hydroxylamine groups is 1. The van der Waals surface area contributed by atoms with Crippen LogP contribution in [0.4, 0.5) is 4.39 Å². The number of halogens is 1. The molecule has 1 aliphatic heterocycles. The lowest BCUT2D eigenvalue weighted by molar-refractivity contribution is -0.129. The number of rotatable bonds is 7. The fourth-order valence-corrected chi connectivity index (χ4v) is 5.71. The molecule has 0 bridgehead atoms. The molecule has 1 fully saturated rings. The number of sulfonamides is 1. The summed E-state index contributed by atoms with van der Waals surface area (Å²) in [6.07, 6.45) is 1.14. The molecule has 0 radical (unpaired) electrons. The number of carbonyl (C=O) groups excluding carboxylic acids is 1. The minimum absolute atomic E-state index is 0.176. The summed E-state index contributed by atoms with van der Waals surface area (Å²) in [6.45, 7) is 0.687. The fourth-order valence-electron chi connectivity index (χ4n) is 3.80. The maximum absolute atomic E-state index is 13.2. The third kappa shape index (κ3) is 5.41. The van der Waals surface area contributed by atoms with Crippen molar-refractivity contribution in [2.24, 2.45) is 0 Å². The Morgan fingerprint density at radius 1 is 1.10 bits per heavy atom. The molecule has 0 aromatic heterocycles. The van der Waals surface area contributed by atoms with Gasteiger partial charge in [-0.2, -0.15) is 0 Å². The summed E-state index contributed by atoms with van der Waals surface area (Å²) in [7, 11) is -3.74. The van der Waals surface area contributed by atoms with Gasteiger partial charge < -0.3 is 0 Å². The van der Waals surface area contributed by atoms with Crippen LogP contribution in [0.2, 0.25) is 0 Å². The van der Waals surface area contributed by atoms with Gasteiger partial charge in [0.25, 0.3) is 0 Å². The molecular weight excluding hydrogens is 395 g/mol. The Morgan fingerprint density at radius 2 is 1.72 bits per heavy atom. The van der Waals surface area contributed by atoms with Crippen molar-refractivity contribution in [1.29, 1.82) is 0 Å². The van der Waals surface area contributed by atoms with E-state index in [0.717, 1.165) is 11.1 Å². The van der Waals surface area contributed by atoms with Crippen LogP contribution in [0.1, 0.15) is 36.3 Å². The van der Waals surface area contributed by atoms with Gasteiger partial charge in [-0.05, 0) is 48.4 Å². The SMILES string of the molecule is O=C(CC(Cc1ccccc1)S(=O)(=O)N1CCC(c2ccc(F)cc2)CC1)NO. The number of nitrogens with zero attached hydrogens (tertiary/aromatic N) is 1. The number of benzene rings is 2. The Bertz CT molecular complexity index is 911. The molecule has 6 nitrogen and oxygen atoms in total. The van der Waals surface area contributed by atoms with Gasteiger partial charge in [-0.25, -0.2) is 22.6 Å². The van der Waals surface area contributed by atoms with Crippen LogP contribution in [-0.2, 0) is 21.2 Å². The van der Waals surface area contributed by atoms with E-state index in [1.807, 2.05) is 30.3 Å². The van der Waals surface area contributed by atoms with E-state index in [-0.39, 0.29) is 24.6 Å². The van der Waals surface area contributed by atoms with Crippen LogP contribution in [0.15, 0.2) is 54.6 Å². The second-order valence-corrected chi connectivity index (χ2v) is 9.53. The van der Waals surface area contributed by atoms with Gasteiger partial charge in [0, 0.05) is 19.5 Å². The van der Waals surface area contributed by atoms with E-state index in [4.69, 9.17) is 5.21 Å². The van der Waals surface area contributed by atoms with Gasteiger partial charge in [0.2, 0.25) is 15.9 Å². The van der Waals surface area contributed by atoms with E-state index in [2.05, 4.69) is 0 Å². The molecular formula is C21H25FN2O4S. The predicted molar refractivity (Wildman–Crippen MR) is 107 cm³/mol. The molecule has 8 heteroatoms. The van der Waals surface area contributed by atoms with Gasteiger partial charge in [0.1, 0.15) is 5.82 Å². The topological polar surface area (TPSA) is 86.7 Å². The Morgan fingerprint density at radius 3 is 2.31 bits per heavy atom. The van der Waals surface area contributed by atoms with Crippen LogP contribution in [0.3, 0.4) is 0 Å². The van der Waals surface area contributed by atoms with Gasteiger partial charge in [-0.15, -0.1) is 0 Å². The Labute approximate surface area is 170 Å². The zero-order valence-electron chi connectivity index (χ0n) is 16.0. The highest BCUT2D eigenvalue weighted by molar-refractivity contribution is 7.89. The predicted octanol–water partition coefficient (Wildman–Crippen LogP) is 2.84. The number of hydrogen-bond donors (Lipinski definition) is 2. The molecule has 1 amide bonds. The monoisotopic (exact) mass is 420 g/mol. The van der Waals surface area contributed by atoms with E-state index in [1.54, 1.807) is 12.1 Å². The van der Waals surface area contributed by atoms with Gasteiger partial charge in [-0.1, -0.05) is 42.5 Å². The van der Waals surface area contributed by atoms with Gasteiger partial charge >= 0.3 is 0 Å². The molecule has 1 heterocycles. The van der Waals surface area contributed by atoms with Gasteiger partial charge in [0.15, 0.2) is 0 Å². The molecule has 1 atom stereocenters. The number of nitrogens with one attached hydrogen (secondary N) is 1. The fraction of sp³-hybridized carbons (Fsp3) is 0.381. The molecule has 0 spiro atoms. The van der Waals surface area contributed by atoms with Crippen molar-refractivity contribution in [3.8, 4) is 0 Å². The summed E-state index contributed by atoms with van der Waals surface area (Å²) in [6, 6.07) is 15.4. The summed E-state index contributed by atoms with van der Waals surface area (Å²) in [5.74, 6) is -0.842. The molecule has 0 aliphatic carbocycles. The van der Waals surface area contributed by atoms with Crippen molar-refractivity contribution >= 4 is 15.9 Å². The van der Waals surface area contributed by atoms with Gasteiger partial charge in [0.05, 0.1) is 5.25 Å². The van der Waals surface area contributed by atoms with Crippen LogP contribution >= 0.6 is 0 Å². The smallest absolute Gasteiger partial charge is 0.244 e. The quantitative estimate of drug-likeness (QED) is 0.533. The van der Waals surface area contributed by atoms with Gasteiger partial charge in [-0.3, -0.25) is 10.0 Å². The molecule has 2 aromatic carbocycles. The number of hydrogen-bond acceptors (Lipinski definition) is 4. The molecule has 156 valence electrons. The minimum Gasteiger partial charge on any atom is -0.289 e. The van der Waals surface area contributed by atoms with Crippen molar-refractivity contribution in [1.82, 2.24) is 9.79 Å². The van der Waals surface area contributed by atoms with E-state index in [0.29, 0.717) is 25.9 Å². The zero-order valence-corrected chi connectivity index (χ0v) is 16.8. The first-order chi connectivity index (χ1) is 13.9. The Hall–Kier alpha value is -2.29. The van der Waals surface area contributed by atoms with E-state index in [9.17, 15) is 17.6 Å². The lowest BCUT2D eigenvalue weighted by atomic mass is 9.90. The van der Waals surface area contributed by atoms with Crippen molar-refractivity contribution in [3.05, 3.63) is 71.5 Å². The summed E-state index contributed by atoms with van der Waals surface area (Å²) in [4.78, 5) is 11.7. The third-order valence-electron chi connectivity index (χ3n) is 5.42. The lowest BCUT2D eigenvalue weighted by Gasteiger charge is -2.34. The number of amides is 1. The van der Waals surface area contributed by atoms with Crippen LogP contribution < -0.4 is 5.48 Å². The standard InChI is InChI=1S/C21H25FN2O4S/c22-19-8-6-17(7-9-19)18-10-12-24(13-11-18)29(27,28)20(15-21(25)23-26)14-16-4-2-1-3-5-16/h1-9,18,20,26H,10-15H2,(H,23,25). The maximum Gasteiger partial charge on any atom is 0.244 e. The molecule has 1 saturated heterocycles. The van der Waals surface area contributed by atoms with Crippen molar-refractivity contribution in [3.63, 3.8) is 0 Å².